The Kier molecular flexibility index (Phi) is 3.07. The zero-order valence-electron chi connectivity index (χ0n) is 5.94. The average molecular weight is 248 g/mol. The summed E-state index contributed by atoms with van der Waals surface area (Å²) in [7, 11) is 0. The van der Waals surface area contributed by atoms with Gasteiger partial charge in [-0.1, -0.05) is 33.6 Å². The maximum Gasteiger partial charge on any atom is 0.159 e. The molecule has 0 atom stereocenters. The highest BCUT2D eigenvalue weighted by molar-refractivity contribution is 9.08. The van der Waals surface area contributed by atoms with Gasteiger partial charge in [-0.05, 0) is 11.6 Å². The van der Waals surface area contributed by atoms with E-state index in [1.54, 1.807) is 12.1 Å². The van der Waals surface area contributed by atoms with Crippen molar-refractivity contribution < 1.29 is 4.39 Å². The van der Waals surface area contributed by atoms with Gasteiger partial charge in [0.1, 0.15) is 6.07 Å². The Morgan fingerprint density at radius 2 is 2.25 bits per heavy atom. The highest BCUT2D eigenvalue weighted by Gasteiger charge is 2.09. The van der Waals surface area contributed by atoms with Crippen LogP contribution in [0.4, 0.5) is 4.39 Å². The zero-order valence-corrected chi connectivity index (χ0v) is 8.28. The standard InChI is InChI=1S/C8H4BrClFN/c9-3-5-1-2-6(4-12)8(11)7(5)10/h1-2H,3H2. The molecular formula is C8H4BrClFN. The van der Waals surface area contributed by atoms with Gasteiger partial charge in [0.25, 0.3) is 0 Å². The number of rotatable bonds is 1. The van der Waals surface area contributed by atoms with Gasteiger partial charge < -0.3 is 0 Å². The molecule has 0 amide bonds. The first-order valence-electron chi connectivity index (χ1n) is 3.13. The van der Waals surface area contributed by atoms with Crippen molar-refractivity contribution in [2.45, 2.75) is 5.33 Å². The molecule has 0 aliphatic rings. The normalized spacial score (nSPS) is 9.50. The third kappa shape index (κ3) is 1.60. The van der Waals surface area contributed by atoms with Crippen LogP contribution in [-0.4, -0.2) is 0 Å². The summed E-state index contributed by atoms with van der Waals surface area (Å²) in [5, 5.41) is 8.95. The summed E-state index contributed by atoms with van der Waals surface area (Å²) >= 11 is 8.78. The third-order valence-corrected chi connectivity index (χ3v) is 2.44. The second-order valence-electron chi connectivity index (χ2n) is 2.15. The fourth-order valence-electron chi connectivity index (χ4n) is 0.779. The zero-order chi connectivity index (χ0) is 9.14. The molecule has 1 nitrogen and oxygen atoms in total. The minimum atomic E-state index is -0.642. The lowest BCUT2D eigenvalue weighted by atomic mass is 10.1. The molecule has 0 saturated carbocycles. The molecule has 62 valence electrons. The maximum absolute atomic E-state index is 13.1. The molecule has 1 aromatic rings. The van der Waals surface area contributed by atoms with E-state index in [1.807, 2.05) is 0 Å². The second kappa shape index (κ2) is 3.88. The first-order chi connectivity index (χ1) is 5.70. The summed E-state index contributed by atoms with van der Waals surface area (Å²) in [6.45, 7) is 0. The summed E-state index contributed by atoms with van der Waals surface area (Å²) in [5.74, 6) is -0.642. The Hall–Kier alpha value is -0.590. The molecule has 1 rings (SSSR count). The topological polar surface area (TPSA) is 23.8 Å². The van der Waals surface area contributed by atoms with Gasteiger partial charge in [-0.3, -0.25) is 0 Å². The first-order valence-corrected chi connectivity index (χ1v) is 4.63. The summed E-state index contributed by atoms with van der Waals surface area (Å²) in [6, 6.07) is 4.75. The summed E-state index contributed by atoms with van der Waals surface area (Å²) in [6.07, 6.45) is 0. The van der Waals surface area contributed by atoms with E-state index >= 15 is 0 Å². The molecule has 1 aromatic carbocycles. The Labute approximate surface area is 82.9 Å². The quantitative estimate of drug-likeness (QED) is 0.700. The molecule has 0 fully saturated rings. The average Bonchev–Trinajstić information content (AvgIpc) is 2.10. The summed E-state index contributed by atoms with van der Waals surface area (Å²) in [5.41, 5.74) is 0.623. The SMILES string of the molecule is N#Cc1ccc(CBr)c(Cl)c1F. The Bertz CT molecular complexity index is 346. The van der Waals surface area contributed by atoms with E-state index in [2.05, 4.69) is 15.9 Å². The molecule has 4 heteroatoms. The van der Waals surface area contributed by atoms with Crippen molar-refractivity contribution in [2.75, 3.05) is 0 Å². The molecular weight excluding hydrogens is 244 g/mol. The van der Waals surface area contributed by atoms with E-state index in [9.17, 15) is 4.39 Å². The van der Waals surface area contributed by atoms with Crippen LogP contribution in [0, 0.1) is 17.1 Å². The number of hydrogen-bond acceptors (Lipinski definition) is 1. The van der Waals surface area contributed by atoms with Gasteiger partial charge in [-0.15, -0.1) is 0 Å². The van der Waals surface area contributed by atoms with Crippen molar-refractivity contribution in [1.82, 2.24) is 0 Å². The first kappa shape index (κ1) is 9.50. The van der Waals surface area contributed by atoms with Gasteiger partial charge in [0.05, 0.1) is 10.6 Å². The van der Waals surface area contributed by atoms with Crippen LogP contribution in [0.15, 0.2) is 12.1 Å². The lowest BCUT2D eigenvalue weighted by Crippen LogP contribution is -1.89. The van der Waals surface area contributed by atoms with Crippen molar-refractivity contribution in [3.63, 3.8) is 0 Å². The monoisotopic (exact) mass is 247 g/mol. The van der Waals surface area contributed by atoms with E-state index in [0.29, 0.717) is 10.9 Å². The lowest BCUT2D eigenvalue weighted by Gasteiger charge is -2.01. The van der Waals surface area contributed by atoms with E-state index in [1.165, 1.54) is 6.07 Å². The largest absolute Gasteiger partial charge is 0.204 e. The number of hydrogen-bond donors (Lipinski definition) is 0. The van der Waals surface area contributed by atoms with E-state index in [0.717, 1.165) is 0 Å². The molecule has 0 aromatic heterocycles. The molecule has 0 N–H and O–H groups in total. The number of halogens is 3. The van der Waals surface area contributed by atoms with Crippen molar-refractivity contribution in [2.24, 2.45) is 0 Å². The highest BCUT2D eigenvalue weighted by Crippen LogP contribution is 2.24. The number of alkyl halides is 1. The fourth-order valence-corrected chi connectivity index (χ4v) is 1.64. The smallest absolute Gasteiger partial charge is 0.159 e. The van der Waals surface area contributed by atoms with E-state index < -0.39 is 5.82 Å². The fraction of sp³-hybridized carbons (Fsp3) is 0.125. The van der Waals surface area contributed by atoms with Gasteiger partial charge >= 0.3 is 0 Å². The molecule has 0 aliphatic heterocycles. The minimum absolute atomic E-state index is 0.0194. The van der Waals surface area contributed by atoms with Crippen molar-refractivity contribution in [3.05, 3.63) is 34.1 Å². The molecule has 0 bridgehead atoms. The van der Waals surface area contributed by atoms with Crippen LogP contribution in [0.2, 0.25) is 5.02 Å². The summed E-state index contributed by atoms with van der Waals surface area (Å²) < 4.78 is 13.1. The summed E-state index contributed by atoms with van der Waals surface area (Å²) in [4.78, 5) is 0. The van der Waals surface area contributed by atoms with Crippen molar-refractivity contribution >= 4 is 27.5 Å². The Morgan fingerprint density at radius 1 is 1.58 bits per heavy atom. The Balaban J connectivity index is 3.32. The van der Waals surface area contributed by atoms with Gasteiger partial charge in [-0.2, -0.15) is 5.26 Å². The highest BCUT2D eigenvalue weighted by atomic mass is 79.9. The van der Waals surface area contributed by atoms with Gasteiger partial charge in [0.15, 0.2) is 5.82 Å². The molecule has 0 saturated heterocycles. The van der Waals surface area contributed by atoms with Crippen LogP contribution in [0.25, 0.3) is 0 Å². The second-order valence-corrected chi connectivity index (χ2v) is 3.08. The van der Waals surface area contributed by atoms with E-state index in [-0.39, 0.29) is 10.6 Å². The number of nitrogens with zero attached hydrogens (tertiary/aromatic N) is 1. The molecule has 12 heavy (non-hydrogen) atoms. The molecule has 0 aliphatic carbocycles. The van der Waals surface area contributed by atoms with Crippen LogP contribution in [0.3, 0.4) is 0 Å². The molecule has 0 heterocycles. The van der Waals surface area contributed by atoms with Gasteiger partial charge in [-0.25, -0.2) is 4.39 Å². The molecule has 0 unspecified atom stereocenters. The minimum Gasteiger partial charge on any atom is -0.204 e. The predicted molar refractivity (Wildman–Crippen MR) is 48.8 cm³/mol. The van der Waals surface area contributed by atoms with Crippen molar-refractivity contribution in [1.29, 1.82) is 5.26 Å². The van der Waals surface area contributed by atoms with E-state index in [4.69, 9.17) is 16.9 Å². The number of nitriles is 1. The van der Waals surface area contributed by atoms with Gasteiger partial charge in [0.2, 0.25) is 0 Å². The number of benzene rings is 1. The van der Waals surface area contributed by atoms with Gasteiger partial charge in [0, 0.05) is 5.33 Å². The van der Waals surface area contributed by atoms with Crippen LogP contribution in [0.5, 0.6) is 0 Å². The van der Waals surface area contributed by atoms with Crippen LogP contribution in [-0.2, 0) is 5.33 Å². The van der Waals surface area contributed by atoms with Crippen LogP contribution >= 0.6 is 27.5 Å². The maximum atomic E-state index is 13.1. The Morgan fingerprint density at radius 3 is 2.75 bits per heavy atom. The molecule has 0 radical (unpaired) electrons. The third-order valence-electron chi connectivity index (χ3n) is 1.43. The van der Waals surface area contributed by atoms with Crippen LogP contribution in [0.1, 0.15) is 11.1 Å². The van der Waals surface area contributed by atoms with Crippen LogP contribution < -0.4 is 0 Å². The van der Waals surface area contributed by atoms with Crippen molar-refractivity contribution in [3.8, 4) is 6.07 Å². The lowest BCUT2D eigenvalue weighted by molar-refractivity contribution is 0.623. The molecule has 0 spiro atoms. The predicted octanol–water partition coefficient (Wildman–Crippen LogP) is 3.25.